The number of nitrogens with one attached hydrogen (secondary N) is 1. The van der Waals surface area contributed by atoms with Crippen molar-refractivity contribution in [2.24, 2.45) is 0 Å². The van der Waals surface area contributed by atoms with E-state index in [1.54, 1.807) is 48.5 Å². The van der Waals surface area contributed by atoms with Crippen molar-refractivity contribution < 1.29 is 930 Å². The summed E-state index contributed by atoms with van der Waals surface area (Å²) in [5, 5.41) is 2.70. The van der Waals surface area contributed by atoms with Crippen molar-refractivity contribution in [1.29, 1.82) is 0 Å². The third-order valence-corrected chi connectivity index (χ3v) is 16.5. The molecule has 0 saturated carbocycles. The van der Waals surface area contributed by atoms with Crippen LogP contribution >= 0.6 is 0 Å². The van der Waals surface area contributed by atoms with Crippen LogP contribution in [-0.2, 0) is 930 Å². The zero-order chi connectivity index (χ0) is 91.3. The fourth-order valence-electron chi connectivity index (χ4n) is 12.2. The Labute approximate surface area is 1360 Å². The van der Waals surface area contributed by atoms with Gasteiger partial charge in [-0.15, -0.1) is 0 Å². The summed E-state index contributed by atoms with van der Waals surface area (Å²) in [7, 11) is 0. The summed E-state index contributed by atoms with van der Waals surface area (Å²) in [4.78, 5) is 207. The molecular formula is C71H76NO51Y21-21. The third-order valence-electron chi connectivity index (χ3n) is 16.5. The zero-order valence-electron chi connectivity index (χ0n) is 77.5. The standard InChI is InChI=1S/2C22H21O18.C14H17NO8.C13H17O7.21Y/c2*1-12(2)37-21-20(36-11-29)18(34-9-27)16(14(39-21)4-31-6-24)40-22-19(35-10-28)17(33-8-26)15(32-7-25)13(38-22)3-30-5-23;1-4-15-11-13(21-8-18)12(20-7-17)10(5-19-6-16)23-14(11)22-9(2)3;1-5-16-12-11(18-7-15)10(17-6-14)9(4)20-13(12)19-8(2)3;;;;;;;;;;;;;;;;;;;;;/h2*12-22H,3-4H2,1-2H3;9-15H,1,5H2,2-3H3;8-13H,1H2,2-4H3;;;;;;;;;;;;;;;;;;;;;/q2*-7;-4;-3;;;;;;;;;;;;;;;;;;;;;/t13-,14-,15+,16-,17+,18+,19-,20-,21?,22+;13-,14-,15-,16-,17+,18+,19-,20-,21?,22-;10-,11-,12-,13-,14-;9-,10+,11+,12-,13-;;;;;;;;;;;;;;;;;;;;;/m1110...................../s1. The SMILES string of the molecule is C=[C-]N[C@H]1[C@H](OC(C)C)O[C@H](CO[C-]=O)[C@@H](O[C-]=O)[C@@H]1O[C-]=O.C=[C-]O[C@@H]1[C@@H](OC(C)C)O[C@@H](C)[C@@H](O[C-]=O)[C@H]1O[C-]=O.CC(C)OC1O[C@H](CO[C-]=O)[C@@H](O[C@@H]2O[C@H](CO[C-]=O)[C@H](O[C-]=O)[C@H](O[C-]=O)[C@H]2O[C-]=O)[C@H](O[C-]=O)[C@H]1O[C-]=O.CC(C)OC1O[C@H](CO[C-]=O)[C@@H](O[C@H]2O[C@H](CO[C-]=O)[C@@H](O[C-]=O)[C@H](O[C-]=O)[C@H]2O[C-]=O)[C@H](O[C-]=O)[C@H]1O[C-]=O.[Y].[Y].[Y].[Y].[Y].[Y].[Y].[Y].[Y].[Y].[Y].[Y].[Y].[Y].[Y].[Y].[Y].[Y].[Y].[Y].[Y]. The molecule has 30 atom stereocenters. The van der Waals surface area contributed by atoms with E-state index in [1.165, 1.54) is 58.2 Å². The third kappa shape index (κ3) is 71.6. The van der Waals surface area contributed by atoms with Crippen LogP contribution in [0.3, 0.4) is 0 Å². The van der Waals surface area contributed by atoms with E-state index in [0.717, 1.165) is 64.7 Å². The number of rotatable bonds is 59. The van der Waals surface area contributed by atoms with Gasteiger partial charge in [-0.1, -0.05) is 123 Å². The Bertz CT molecular complexity index is 3140. The average molecular weight is 3630 g/mol. The summed E-state index contributed by atoms with van der Waals surface area (Å²) in [5.41, 5.74) is 0. The van der Waals surface area contributed by atoms with Crippen molar-refractivity contribution in [3.8, 4) is 0 Å². The van der Waals surface area contributed by atoms with E-state index in [2.05, 4.69) is 54.6 Å². The van der Waals surface area contributed by atoms with Gasteiger partial charge in [-0.05, 0) is 62.3 Å². The summed E-state index contributed by atoms with van der Waals surface area (Å²) >= 11 is 0. The quantitative estimate of drug-likeness (QED) is 0.0256. The maximum Gasteiger partial charge on any atom is 0.196 e. The van der Waals surface area contributed by atoms with Gasteiger partial charge in [0.2, 0.25) is 0 Å². The molecule has 0 bridgehead atoms. The molecule has 6 saturated heterocycles. The first-order valence-corrected chi connectivity index (χ1v) is 35.1. The van der Waals surface area contributed by atoms with Crippen molar-refractivity contribution in [3.05, 3.63) is 25.6 Å². The van der Waals surface area contributed by atoms with Gasteiger partial charge in [-0.2, -0.15) is 0 Å². The molecule has 6 fully saturated rings. The molecule has 755 valence electrons. The van der Waals surface area contributed by atoms with E-state index in [1.807, 2.05) is 13.8 Å². The minimum absolute atomic E-state index is 0. The van der Waals surface area contributed by atoms with Crippen LogP contribution in [0.4, 0.5) is 0 Å². The van der Waals surface area contributed by atoms with E-state index in [0.29, 0.717) is 0 Å². The van der Waals surface area contributed by atoms with Crippen LogP contribution in [0.5, 0.6) is 0 Å². The van der Waals surface area contributed by atoms with Crippen molar-refractivity contribution in [2.45, 2.75) is 271 Å². The zero-order valence-corrected chi connectivity index (χ0v) is 137. The van der Waals surface area contributed by atoms with Crippen molar-refractivity contribution in [1.82, 2.24) is 5.32 Å². The fraction of sp³-hybridized carbons (Fsp3) is 0.676. The van der Waals surface area contributed by atoms with Gasteiger partial charge in [-0.25, -0.2) is 6.58 Å². The summed E-state index contributed by atoms with van der Waals surface area (Å²) in [5.74, 6) is 0. The van der Waals surface area contributed by atoms with Crippen LogP contribution in [0.1, 0.15) is 62.3 Å². The number of hydrogen-bond donors (Lipinski definition) is 1. The first-order valence-electron chi connectivity index (χ1n) is 35.1. The van der Waals surface area contributed by atoms with Crippen LogP contribution in [0, 0.1) is 12.5 Å². The molecule has 73 heteroatoms. The number of hydrogen-bond acceptors (Lipinski definition) is 52. The predicted molar refractivity (Wildman–Crippen MR) is 368 cm³/mol. The van der Waals surface area contributed by atoms with Crippen molar-refractivity contribution in [3.63, 3.8) is 0 Å². The van der Waals surface area contributed by atoms with Gasteiger partial charge >= 0.3 is 0 Å². The van der Waals surface area contributed by atoms with E-state index < -0.39 is 223 Å². The van der Waals surface area contributed by atoms with Crippen LogP contribution in [-0.4, -0.2) is 365 Å². The van der Waals surface area contributed by atoms with E-state index >= 15 is 0 Å². The molecule has 0 amide bonds. The summed E-state index contributed by atoms with van der Waals surface area (Å²) in [6, 6.07) is -0.786. The Balaban J connectivity index is -0.0000000838. The van der Waals surface area contributed by atoms with E-state index in [9.17, 15) is 91.1 Å². The topological polar surface area (TPSA) is 632 Å². The molecule has 0 aliphatic carbocycles. The monoisotopic (exact) mass is 3630 g/mol. The van der Waals surface area contributed by atoms with Crippen LogP contribution in [0.15, 0.2) is 13.2 Å². The maximum atomic E-state index is 11.3. The van der Waals surface area contributed by atoms with Gasteiger partial charge in [0.15, 0.2) is 49.9 Å². The minimum Gasteiger partial charge on any atom is -0.686 e. The molecule has 0 aromatic carbocycles. The van der Waals surface area contributed by atoms with E-state index in [4.69, 9.17) is 128 Å². The number of ether oxygens (including phenoxy) is 32. The molecule has 6 rings (SSSR count). The molecule has 6 aliphatic heterocycles. The van der Waals surface area contributed by atoms with Gasteiger partial charge in [0.1, 0.15) is 122 Å². The predicted octanol–water partition coefficient (Wildman–Crippen LogP) is -7.28. The smallest absolute Gasteiger partial charge is 0.196 e. The second-order valence-corrected chi connectivity index (χ2v) is 25.2. The molecule has 52 nitrogen and oxygen atoms in total. The van der Waals surface area contributed by atoms with Gasteiger partial charge in [0, 0.05) is 687 Å². The fourth-order valence-corrected chi connectivity index (χ4v) is 12.2. The van der Waals surface area contributed by atoms with Crippen LogP contribution in [0.25, 0.3) is 0 Å². The molecule has 6 aliphatic rings. The first kappa shape index (κ1) is 199. The second-order valence-electron chi connectivity index (χ2n) is 25.2. The molecule has 21 radical (unpaired) electrons. The summed E-state index contributed by atoms with van der Waals surface area (Å²) < 4.78 is 164. The van der Waals surface area contributed by atoms with E-state index in [-0.39, 0.29) is 706 Å². The molecule has 0 spiro atoms. The molecular weight excluding hydrogens is 3550 g/mol. The van der Waals surface area contributed by atoms with Crippen molar-refractivity contribution in [2.75, 3.05) is 33.0 Å². The van der Waals surface area contributed by atoms with Crippen LogP contribution < -0.4 is 5.32 Å². The Kier molecular flexibility index (Phi) is 170. The molecule has 6 heterocycles. The largest absolute Gasteiger partial charge is 0.686 e. The Morgan fingerprint density at radius 3 is 0.639 bits per heavy atom. The Hall–Kier alpha value is 11.7. The number of carbonyl (C=O) groups excluding carboxylic acids is 19. The van der Waals surface area contributed by atoms with Gasteiger partial charge in [0.25, 0.3) is 0 Å². The van der Waals surface area contributed by atoms with Gasteiger partial charge in [-0.3, -0.25) is 6.58 Å². The normalized spacial score (nSPS) is 28.0. The molecule has 144 heavy (non-hydrogen) atoms. The van der Waals surface area contributed by atoms with Crippen molar-refractivity contribution >= 4 is 123 Å². The maximum absolute atomic E-state index is 11.3. The Morgan fingerprint density at radius 1 is 0.215 bits per heavy atom. The van der Waals surface area contributed by atoms with Crippen LogP contribution in [0.2, 0.25) is 0 Å². The summed E-state index contributed by atoms with van der Waals surface area (Å²) in [6.45, 7) is 41.2. The second kappa shape index (κ2) is 123. The molecule has 2 unspecified atom stereocenters. The molecule has 0 aromatic heterocycles. The molecule has 0 aromatic rings. The minimum atomic E-state index is -1.84. The van der Waals surface area contributed by atoms with Gasteiger partial charge < -0.3 is 260 Å². The Morgan fingerprint density at radius 2 is 0.396 bits per heavy atom. The molecule has 1 N–H and O–H groups in total. The first-order chi connectivity index (χ1) is 59.4. The average Bonchev–Trinajstić information content (AvgIpc) is 0.773. The summed E-state index contributed by atoms with van der Waals surface area (Å²) in [6.07, 6.45) is -37.0. The van der Waals surface area contributed by atoms with Gasteiger partial charge in [0.05, 0.1) is 69.6 Å².